The molecule has 2 N–H and O–H groups in total. The van der Waals surface area contributed by atoms with Crippen LogP contribution in [-0.4, -0.2) is 11.3 Å². The van der Waals surface area contributed by atoms with Gasteiger partial charge in [0.25, 0.3) is 0 Å². The highest BCUT2D eigenvalue weighted by molar-refractivity contribution is 5.89. The van der Waals surface area contributed by atoms with E-state index in [9.17, 15) is 4.79 Å². The normalized spacial score (nSPS) is 28.4. The van der Waals surface area contributed by atoms with E-state index in [-0.39, 0.29) is 0 Å². The van der Waals surface area contributed by atoms with Crippen molar-refractivity contribution in [2.75, 3.05) is 0 Å². The summed E-state index contributed by atoms with van der Waals surface area (Å²) in [7, 11) is 0. The highest BCUT2D eigenvalue weighted by Gasteiger charge is 2.42. The number of hydrogen-bond acceptors (Lipinski definition) is 2. The van der Waals surface area contributed by atoms with Gasteiger partial charge >= 0.3 is 0 Å². The summed E-state index contributed by atoms with van der Waals surface area (Å²) >= 11 is 0. The van der Waals surface area contributed by atoms with E-state index in [0.29, 0.717) is 11.2 Å². The molecule has 0 radical (unpaired) electrons. The van der Waals surface area contributed by atoms with E-state index in [2.05, 4.69) is 6.92 Å². The van der Waals surface area contributed by atoms with Crippen molar-refractivity contribution in [3.63, 3.8) is 0 Å². The zero-order chi connectivity index (χ0) is 10.2. The summed E-state index contributed by atoms with van der Waals surface area (Å²) in [4.78, 5) is 12.1. The second-order valence-corrected chi connectivity index (χ2v) is 5.63. The number of Topliss-reactive ketones (excluding diaryl/α,β-unsaturated/α-hetero) is 1. The van der Waals surface area contributed by atoms with Crippen molar-refractivity contribution >= 4 is 5.78 Å². The molecule has 0 amide bonds. The molecule has 0 atom stereocenters. The summed E-state index contributed by atoms with van der Waals surface area (Å²) in [6, 6.07) is 0. The van der Waals surface area contributed by atoms with Gasteiger partial charge in [0.1, 0.15) is 0 Å². The van der Waals surface area contributed by atoms with Crippen molar-refractivity contribution < 1.29 is 4.79 Å². The molecule has 0 heterocycles. The zero-order valence-electron chi connectivity index (χ0n) is 9.14. The van der Waals surface area contributed by atoms with Crippen molar-refractivity contribution in [1.82, 2.24) is 0 Å². The first-order valence-corrected chi connectivity index (χ1v) is 5.86. The fraction of sp³-hybridized carbons (Fsp3) is 0.917. The highest BCUT2D eigenvalue weighted by atomic mass is 16.1. The molecule has 0 aromatic carbocycles. The van der Waals surface area contributed by atoms with Crippen molar-refractivity contribution in [1.29, 1.82) is 0 Å². The molecule has 0 unspecified atom stereocenters. The van der Waals surface area contributed by atoms with Crippen LogP contribution in [0.5, 0.6) is 0 Å². The second kappa shape index (κ2) is 3.34. The Morgan fingerprint density at radius 3 is 2.14 bits per heavy atom. The average molecular weight is 195 g/mol. The summed E-state index contributed by atoms with van der Waals surface area (Å²) in [5.74, 6) is 0.331. The smallest absolute Gasteiger partial charge is 0.153 e. The van der Waals surface area contributed by atoms with Crippen molar-refractivity contribution in [3.05, 3.63) is 0 Å². The lowest BCUT2D eigenvalue weighted by Crippen LogP contribution is -2.47. The average Bonchev–Trinajstić information content (AvgIpc) is 2.51. The minimum Gasteiger partial charge on any atom is -0.319 e. The van der Waals surface area contributed by atoms with Crippen LogP contribution in [0.4, 0.5) is 0 Å². The predicted octanol–water partition coefficient (Wildman–Crippen LogP) is 2.41. The monoisotopic (exact) mass is 195 g/mol. The number of rotatable bonds is 3. The molecule has 14 heavy (non-hydrogen) atoms. The van der Waals surface area contributed by atoms with Crippen LogP contribution >= 0.6 is 0 Å². The third kappa shape index (κ3) is 1.72. The summed E-state index contributed by atoms with van der Waals surface area (Å²) in [6.07, 6.45) is 8.57. The molecule has 2 heteroatoms. The molecular weight excluding hydrogens is 174 g/mol. The molecule has 2 saturated carbocycles. The Balaban J connectivity index is 1.94. The molecule has 0 aromatic heterocycles. The first-order valence-electron chi connectivity index (χ1n) is 5.86. The van der Waals surface area contributed by atoms with E-state index in [1.54, 1.807) is 0 Å². The third-order valence-electron chi connectivity index (χ3n) is 4.20. The van der Waals surface area contributed by atoms with E-state index in [1.807, 2.05) is 0 Å². The van der Waals surface area contributed by atoms with Crippen molar-refractivity contribution in [2.24, 2.45) is 11.1 Å². The molecule has 0 bridgehead atoms. The van der Waals surface area contributed by atoms with Crippen LogP contribution in [0.3, 0.4) is 0 Å². The maximum Gasteiger partial charge on any atom is 0.153 e. The molecule has 2 nitrogen and oxygen atoms in total. The molecule has 0 spiro atoms. The van der Waals surface area contributed by atoms with E-state index in [4.69, 9.17) is 5.73 Å². The minimum absolute atomic E-state index is 0.298. The standard InChI is InChI=1S/C12H21NO/c1-11(5-4-6-11)9-10(14)12(13)7-2-3-8-12/h2-9,13H2,1H3. The van der Waals surface area contributed by atoms with Gasteiger partial charge in [-0.25, -0.2) is 0 Å². The van der Waals surface area contributed by atoms with E-state index in [0.717, 1.165) is 32.1 Å². The van der Waals surface area contributed by atoms with Gasteiger partial charge in [-0.05, 0) is 31.1 Å². The van der Waals surface area contributed by atoms with Crippen molar-refractivity contribution in [3.8, 4) is 0 Å². The van der Waals surface area contributed by atoms with Crippen LogP contribution in [0.15, 0.2) is 0 Å². The molecule has 0 aliphatic heterocycles. The Labute approximate surface area is 86.2 Å². The van der Waals surface area contributed by atoms with Crippen LogP contribution in [0.2, 0.25) is 0 Å². The maximum atomic E-state index is 12.1. The maximum absolute atomic E-state index is 12.1. The predicted molar refractivity (Wildman–Crippen MR) is 57.0 cm³/mol. The Morgan fingerprint density at radius 2 is 1.71 bits per heavy atom. The van der Waals surface area contributed by atoms with Gasteiger partial charge in [0.2, 0.25) is 0 Å². The minimum atomic E-state index is -0.446. The lowest BCUT2D eigenvalue weighted by atomic mass is 9.66. The van der Waals surface area contributed by atoms with Crippen LogP contribution < -0.4 is 5.73 Å². The topological polar surface area (TPSA) is 43.1 Å². The van der Waals surface area contributed by atoms with Gasteiger partial charge in [-0.1, -0.05) is 26.2 Å². The summed E-state index contributed by atoms with van der Waals surface area (Å²) in [5, 5.41) is 0. The number of hydrogen-bond donors (Lipinski definition) is 1. The summed E-state index contributed by atoms with van der Waals surface area (Å²) < 4.78 is 0. The second-order valence-electron chi connectivity index (χ2n) is 5.63. The van der Waals surface area contributed by atoms with Gasteiger partial charge in [-0.3, -0.25) is 4.79 Å². The SMILES string of the molecule is CC1(CC(=O)C2(N)CCCC2)CCC1. The third-order valence-corrected chi connectivity index (χ3v) is 4.20. The Kier molecular flexibility index (Phi) is 2.42. The Bertz CT molecular complexity index is 237. The van der Waals surface area contributed by atoms with E-state index < -0.39 is 5.54 Å². The summed E-state index contributed by atoms with van der Waals surface area (Å²) in [5.41, 5.74) is 5.99. The van der Waals surface area contributed by atoms with Crippen LogP contribution in [-0.2, 0) is 4.79 Å². The molecule has 0 saturated heterocycles. The fourth-order valence-corrected chi connectivity index (χ4v) is 2.81. The van der Waals surface area contributed by atoms with Gasteiger partial charge in [0.15, 0.2) is 5.78 Å². The number of nitrogens with two attached hydrogens (primary N) is 1. The van der Waals surface area contributed by atoms with E-state index in [1.165, 1.54) is 19.3 Å². The van der Waals surface area contributed by atoms with E-state index >= 15 is 0 Å². The largest absolute Gasteiger partial charge is 0.319 e. The summed E-state index contributed by atoms with van der Waals surface area (Å²) in [6.45, 7) is 2.23. The molecular formula is C12H21NO. The Hall–Kier alpha value is -0.370. The lowest BCUT2D eigenvalue weighted by molar-refractivity contribution is -0.127. The molecule has 2 aliphatic carbocycles. The number of carbonyl (C=O) groups excluding carboxylic acids is 1. The van der Waals surface area contributed by atoms with Crippen LogP contribution in [0.25, 0.3) is 0 Å². The van der Waals surface area contributed by atoms with Crippen LogP contribution in [0.1, 0.15) is 58.3 Å². The Morgan fingerprint density at radius 1 is 1.14 bits per heavy atom. The molecule has 2 aliphatic rings. The van der Waals surface area contributed by atoms with Gasteiger partial charge in [0.05, 0.1) is 5.54 Å². The van der Waals surface area contributed by atoms with Gasteiger partial charge in [0, 0.05) is 6.42 Å². The number of carbonyl (C=O) groups is 1. The zero-order valence-corrected chi connectivity index (χ0v) is 9.14. The molecule has 80 valence electrons. The van der Waals surface area contributed by atoms with Gasteiger partial charge in [-0.15, -0.1) is 0 Å². The molecule has 2 rings (SSSR count). The molecule has 2 fully saturated rings. The highest BCUT2D eigenvalue weighted by Crippen LogP contribution is 2.45. The first kappa shape index (κ1) is 10.2. The van der Waals surface area contributed by atoms with Crippen LogP contribution in [0, 0.1) is 5.41 Å². The fourth-order valence-electron chi connectivity index (χ4n) is 2.81. The molecule has 0 aromatic rings. The first-order chi connectivity index (χ1) is 6.54. The number of ketones is 1. The van der Waals surface area contributed by atoms with Crippen molar-refractivity contribution in [2.45, 2.75) is 63.8 Å². The quantitative estimate of drug-likeness (QED) is 0.751. The van der Waals surface area contributed by atoms with Gasteiger partial charge in [-0.2, -0.15) is 0 Å². The lowest BCUT2D eigenvalue weighted by Gasteiger charge is -2.39. The van der Waals surface area contributed by atoms with Gasteiger partial charge < -0.3 is 5.73 Å².